The van der Waals surface area contributed by atoms with Gasteiger partial charge in [0.25, 0.3) is 5.78 Å². The van der Waals surface area contributed by atoms with Crippen LogP contribution >= 0.6 is 0 Å². The van der Waals surface area contributed by atoms with Crippen LogP contribution in [0.1, 0.15) is 70.2 Å². The number of nitrogens with zero attached hydrogens (tertiary/aromatic N) is 5. The highest BCUT2D eigenvalue weighted by atomic mass is 16.5. The molecule has 1 saturated carbocycles. The van der Waals surface area contributed by atoms with Crippen LogP contribution in [-0.4, -0.2) is 49.3 Å². The van der Waals surface area contributed by atoms with Gasteiger partial charge in [0.15, 0.2) is 11.9 Å². The van der Waals surface area contributed by atoms with E-state index in [0.717, 1.165) is 36.8 Å². The van der Waals surface area contributed by atoms with Crippen LogP contribution in [0.3, 0.4) is 0 Å². The maximum absolute atomic E-state index is 12.5. The minimum absolute atomic E-state index is 0.478. The Morgan fingerprint density at radius 1 is 1.09 bits per heavy atom. The van der Waals surface area contributed by atoms with Crippen molar-refractivity contribution in [2.24, 2.45) is 11.8 Å². The first-order valence-electron chi connectivity index (χ1n) is 12.7. The summed E-state index contributed by atoms with van der Waals surface area (Å²) in [6, 6.07) is 9.81. The van der Waals surface area contributed by atoms with E-state index < -0.39 is 17.7 Å². The normalized spacial score (nSPS) is 21.7. The van der Waals surface area contributed by atoms with Gasteiger partial charge in [-0.05, 0) is 52.4 Å². The molecule has 2 aromatic heterocycles. The highest BCUT2D eigenvalue weighted by molar-refractivity contribution is 5.78. The summed E-state index contributed by atoms with van der Waals surface area (Å²) in [4.78, 5) is 24.3. The summed E-state index contributed by atoms with van der Waals surface area (Å²) in [7, 11) is 0. The quantitative estimate of drug-likeness (QED) is 0.549. The minimum atomic E-state index is -1.16. The van der Waals surface area contributed by atoms with Crippen LogP contribution in [0.4, 0.5) is 5.82 Å². The van der Waals surface area contributed by atoms with E-state index in [-0.39, 0.29) is 0 Å². The van der Waals surface area contributed by atoms with E-state index in [2.05, 4.69) is 4.90 Å². The third kappa shape index (κ3) is 4.76. The zero-order chi connectivity index (χ0) is 24.7. The van der Waals surface area contributed by atoms with Crippen LogP contribution in [0.5, 0.6) is 0 Å². The van der Waals surface area contributed by atoms with Gasteiger partial charge in [-0.25, -0.2) is 9.78 Å². The zero-order valence-electron chi connectivity index (χ0n) is 21.1. The summed E-state index contributed by atoms with van der Waals surface area (Å²) in [5, 5.41) is 15.1. The minimum Gasteiger partial charge on any atom is -0.479 e. The molecule has 1 aromatic carbocycles. The second-order valence-corrected chi connectivity index (χ2v) is 10.9. The van der Waals surface area contributed by atoms with E-state index in [9.17, 15) is 9.90 Å². The lowest BCUT2D eigenvalue weighted by Crippen LogP contribution is -2.43. The van der Waals surface area contributed by atoms with Crippen molar-refractivity contribution in [3.05, 3.63) is 41.6 Å². The number of rotatable bonds is 5. The van der Waals surface area contributed by atoms with Gasteiger partial charge in [-0.3, -0.25) is 0 Å². The number of fused-ring (bicyclic) bond motifs is 2. The van der Waals surface area contributed by atoms with Crippen molar-refractivity contribution in [3.63, 3.8) is 0 Å². The Bertz CT molecular complexity index is 1220. The highest BCUT2D eigenvalue weighted by Gasteiger charge is 2.38. The number of aromatic nitrogens is 4. The zero-order valence-corrected chi connectivity index (χ0v) is 21.1. The molecule has 1 aliphatic heterocycles. The number of carbonyl (C=O) groups is 1. The summed E-state index contributed by atoms with van der Waals surface area (Å²) in [6.45, 7) is 9.22. The Labute approximate surface area is 206 Å². The predicted molar refractivity (Wildman–Crippen MR) is 134 cm³/mol. The lowest BCUT2D eigenvalue weighted by Gasteiger charge is -2.43. The van der Waals surface area contributed by atoms with Gasteiger partial charge in [-0.1, -0.05) is 49.6 Å². The van der Waals surface area contributed by atoms with E-state index >= 15 is 0 Å². The van der Waals surface area contributed by atoms with Gasteiger partial charge >= 0.3 is 5.97 Å². The number of hydrogen-bond donors (Lipinski definition) is 1. The fourth-order valence-electron chi connectivity index (χ4n) is 5.70. The lowest BCUT2D eigenvalue weighted by atomic mass is 9.75. The topological polar surface area (TPSA) is 92.9 Å². The van der Waals surface area contributed by atoms with E-state index in [1.54, 1.807) is 4.52 Å². The molecule has 0 amide bonds. The number of ether oxygens (including phenoxy) is 1. The Hall–Kier alpha value is -3.00. The monoisotopic (exact) mass is 477 g/mol. The molecule has 2 aliphatic rings. The highest BCUT2D eigenvalue weighted by Crippen LogP contribution is 2.41. The van der Waals surface area contributed by atoms with Gasteiger partial charge in [0.2, 0.25) is 0 Å². The number of benzene rings is 1. The molecule has 1 saturated heterocycles. The molecule has 0 spiro atoms. The van der Waals surface area contributed by atoms with Crippen LogP contribution in [0, 0.1) is 18.8 Å². The molecule has 8 nitrogen and oxygen atoms in total. The molecule has 3 atom stereocenters. The number of piperidine rings is 1. The largest absolute Gasteiger partial charge is 0.479 e. The van der Waals surface area contributed by atoms with Crippen LogP contribution in [0.15, 0.2) is 30.3 Å². The maximum atomic E-state index is 12.5. The SMILES string of the molecule is Cc1nc2nc(-c3ccccc3)nn2c(N2CCC3CCCCC3C2)c1C(OC(C)(C)C)C(=O)O. The van der Waals surface area contributed by atoms with E-state index in [4.69, 9.17) is 19.8 Å². The molecule has 5 rings (SSSR count). The van der Waals surface area contributed by atoms with Crippen molar-refractivity contribution in [2.45, 2.75) is 71.5 Å². The molecule has 3 aromatic rings. The van der Waals surface area contributed by atoms with Crippen molar-refractivity contribution in [3.8, 4) is 11.4 Å². The second kappa shape index (κ2) is 9.22. The van der Waals surface area contributed by atoms with Crippen molar-refractivity contribution < 1.29 is 14.6 Å². The van der Waals surface area contributed by atoms with Crippen molar-refractivity contribution in [1.29, 1.82) is 0 Å². The van der Waals surface area contributed by atoms with Gasteiger partial charge in [-0.2, -0.15) is 9.50 Å². The summed E-state index contributed by atoms with van der Waals surface area (Å²) in [5.74, 6) is 2.14. The van der Waals surface area contributed by atoms with Gasteiger partial charge in [0.05, 0.1) is 16.9 Å². The van der Waals surface area contributed by atoms with Gasteiger partial charge in [0, 0.05) is 18.7 Å². The Morgan fingerprint density at radius 2 is 1.80 bits per heavy atom. The molecule has 35 heavy (non-hydrogen) atoms. The number of carboxylic acid groups (broad SMARTS) is 1. The van der Waals surface area contributed by atoms with E-state index in [1.165, 1.54) is 25.7 Å². The van der Waals surface area contributed by atoms with E-state index in [1.807, 2.05) is 58.0 Å². The summed E-state index contributed by atoms with van der Waals surface area (Å²) in [6.07, 6.45) is 5.04. The van der Waals surface area contributed by atoms with Crippen LogP contribution in [0.25, 0.3) is 17.2 Å². The van der Waals surface area contributed by atoms with Crippen molar-refractivity contribution in [1.82, 2.24) is 19.6 Å². The molecule has 3 heterocycles. The lowest BCUT2D eigenvalue weighted by molar-refractivity contribution is -0.160. The average Bonchev–Trinajstić information content (AvgIpc) is 3.25. The molecule has 3 unspecified atom stereocenters. The van der Waals surface area contributed by atoms with Crippen molar-refractivity contribution in [2.75, 3.05) is 18.0 Å². The Morgan fingerprint density at radius 3 is 2.49 bits per heavy atom. The predicted octanol–water partition coefficient (Wildman–Crippen LogP) is 5.06. The smallest absolute Gasteiger partial charge is 0.337 e. The third-order valence-corrected chi connectivity index (χ3v) is 7.27. The Balaban J connectivity index is 1.68. The summed E-state index contributed by atoms with van der Waals surface area (Å²) < 4.78 is 7.86. The first-order valence-corrected chi connectivity index (χ1v) is 12.7. The van der Waals surface area contributed by atoms with Gasteiger partial charge < -0.3 is 14.7 Å². The fraction of sp³-hybridized carbons (Fsp3) is 0.556. The standard InChI is InChI=1S/C27H35N5O3/c1-17-21(22(25(33)34)35-27(2,3)4)24(31-15-14-18-10-8-9-13-20(18)16-31)32-26(28-17)29-23(30-32)19-11-6-5-7-12-19/h5-7,11-12,18,20,22H,8-10,13-16H2,1-4H3,(H,33,34). The Kier molecular flexibility index (Phi) is 6.25. The second-order valence-electron chi connectivity index (χ2n) is 10.9. The molecular formula is C27H35N5O3. The molecule has 8 heteroatoms. The van der Waals surface area contributed by atoms with Crippen LogP contribution in [0.2, 0.25) is 0 Å². The number of anilines is 1. The molecule has 186 valence electrons. The molecule has 0 bridgehead atoms. The molecule has 2 fully saturated rings. The average molecular weight is 478 g/mol. The summed E-state index contributed by atoms with van der Waals surface area (Å²) in [5.41, 5.74) is 1.44. The van der Waals surface area contributed by atoms with Crippen LogP contribution in [-0.2, 0) is 9.53 Å². The molecule has 1 N–H and O–H groups in total. The van der Waals surface area contributed by atoms with Crippen LogP contribution < -0.4 is 4.90 Å². The summed E-state index contributed by atoms with van der Waals surface area (Å²) >= 11 is 0. The fourth-order valence-corrected chi connectivity index (χ4v) is 5.70. The number of aryl methyl sites for hydroxylation is 1. The third-order valence-electron chi connectivity index (χ3n) is 7.27. The molecule has 1 aliphatic carbocycles. The maximum Gasteiger partial charge on any atom is 0.337 e. The first kappa shape index (κ1) is 23.7. The number of carboxylic acids is 1. The number of aliphatic carboxylic acids is 1. The van der Waals surface area contributed by atoms with Gasteiger partial charge in [0.1, 0.15) is 5.82 Å². The van der Waals surface area contributed by atoms with E-state index in [0.29, 0.717) is 28.8 Å². The molecular weight excluding hydrogens is 442 g/mol. The van der Waals surface area contributed by atoms with Crippen molar-refractivity contribution >= 4 is 17.6 Å². The van der Waals surface area contributed by atoms with Gasteiger partial charge in [-0.15, -0.1) is 5.10 Å². The number of hydrogen-bond acceptors (Lipinski definition) is 6. The molecule has 0 radical (unpaired) electrons. The first-order chi connectivity index (χ1) is 16.7.